The van der Waals surface area contributed by atoms with Gasteiger partial charge in [0.2, 0.25) is 0 Å². The van der Waals surface area contributed by atoms with E-state index in [9.17, 15) is 0 Å². The number of aromatic nitrogens is 2. The molecule has 1 unspecified atom stereocenters. The molecular weight excluding hydrogens is 186 g/mol. The molecule has 0 aliphatic carbocycles. The van der Waals surface area contributed by atoms with Gasteiger partial charge in [0.25, 0.3) is 0 Å². The van der Waals surface area contributed by atoms with Gasteiger partial charge in [-0.2, -0.15) is 0 Å². The third-order valence-corrected chi connectivity index (χ3v) is 2.54. The minimum atomic E-state index is 0.154. The molecule has 1 heterocycles. The molecule has 1 aromatic rings. The topological polar surface area (TPSA) is 40.7 Å². The van der Waals surface area contributed by atoms with Crippen LogP contribution >= 0.6 is 0 Å². The van der Waals surface area contributed by atoms with Gasteiger partial charge in [0, 0.05) is 29.9 Å². The van der Waals surface area contributed by atoms with Crippen LogP contribution in [0.4, 0.5) is 0 Å². The lowest BCUT2D eigenvalue weighted by molar-refractivity contribution is 0.421. The summed E-state index contributed by atoms with van der Waals surface area (Å²) < 4.78 is 0. The third kappa shape index (κ3) is 4.04. The Labute approximate surface area is 92.7 Å². The first-order valence-corrected chi connectivity index (χ1v) is 5.71. The molecule has 1 atom stereocenters. The van der Waals surface area contributed by atoms with E-state index in [1.54, 1.807) is 0 Å². The van der Waals surface area contributed by atoms with Crippen LogP contribution in [0.25, 0.3) is 0 Å². The molecule has 3 nitrogen and oxygen atoms in total. The Morgan fingerprint density at radius 1 is 1.47 bits per heavy atom. The summed E-state index contributed by atoms with van der Waals surface area (Å²) in [5.74, 6) is 1.62. The molecular formula is C12H23N3. The van der Waals surface area contributed by atoms with E-state index in [2.05, 4.69) is 49.9 Å². The highest BCUT2D eigenvalue weighted by Gasteiger charge is 2.11. The predicted octanol–water partition coefficient (Wildman–Crippen LogP) is 2.81. The van der Waals surface area contributed by atoms with Crippen molar-refractivity contribution in [3.8, 4) is 0 Å². The van der Waals surface area contributed by atoms with Gasteiger partial charge in [-0.3, -0.25) is 0 Å². The van der Waals surface area contributed by atoms with Crippen molar-refractivity contribution in [1.82, 2.24) is 15.3 Å². The fraction of sp³-hybridized carbons (Fsp3) is 0.750. The largest absolute Gasteiger partial charge is 0.345 e. The molecule has 0 bridgehead atoms. The maximum Gasteiger partial charge on any atom is 0.109 e. The van der Waals surface area contributed by atoms with Gasteiger partial charge in [-0.25, -0.2) is 4.98 Å². The maximum atomic E-state index is 4.39. The van der Waals surface area contributed by atoms with Gasteiger partial charge in [0.05, 0.1) is 0 Å². The van der Waals surface area contributed by atoms with Crippen LogP contribution < -0.4 is 5.32 Å². The van der Waals surface area contributed by atoms with Crippen molar-refractivity contribution in [2.24, 2.45) is 0 Å². The average molecular weight is 209 g/mol. The Kier molecular flexibility index (Phi) is 3.91. The molecule has 0 aliphatic rings. The zero-order valence-electron chi connectivity index (χ0n) is 10.5. The molecule has 15 heavy (non-hydrogen) atoms. The summed E-state index contributed by atoms with van der Waals surface area (Å²) in [6, 6.07) is 0. The molecule has 0 saturated carbocycles. The van der Waals surface area contributed by atoms with Gasteiger partial charge < -0.3 is 10.3 Å². The van der Waals surface area contributed by atoms with Crippen molar-refractivity contribution in [2.75, 3.05) is 0 Å². The van der Waals surface area contributed by atoms with Crippen LogP contribution in [0.15, 0.2) is 6.20 Å². The Morgan fingerprint density at radius 3 is 2.67 bits per heavy atom. The van der Waals surface area contributed by atoms with Crippen LogP contribution in [0.2, 0.25) is 0 Å². The first-order valence-electron chi connectivity index (χ1n) is 5.71. The lowest BCUT2D eigenvalue weighted by Crippen LogP contribution is -2.35. The zero-order chi connectivity index (χ0) is 11.5. The highest BCUT2D eigenvalue weighted by molar-refractivity contribution is 5.04. The number of hydrogen-bond acceptors (Lipinski definition) is 2. The highest BCUT2D eigenvalue weighted by Crippen LogP contribution is 2.14. The highest BCUT2D eigenvalue weighted by atomic mass is 15.0. The first kappa shape index (κ1) is 12.2. The lowest BCUT2D eigenvalue weighted by atomic mass is 10.1. The Bertz CT molecular complexity index is 296. The predicted molar refractivity (Wildman–Crippen MR) is 63.9 cm³/mol. The summed E-state index contributed by atoms with van der Waals surface area (Å²) in [7, 11) is 0. The lowest BCUT2D eigenvalue weighted by Gasteiger charge is -2.19. The Morgan fingerprint density at radius 2 is 2.13 bits per heavy atom. The van der Waals surface area contributed by atoms with Crippen molar-refractivity contribution >= 4 is 0 Å². The summed E-state index contributed by atoms with van der Waals surface area (Å²) in [6.07, 6.45) is 3.06. The van der Waals surface area contributed by atoms with E-state index in [0.717, 1.165) is 18.8 Å². The smallest absolute Gasteiger partial charge is 0.109 e. The van der Waals surface area contributed by atoms with Gasteiger partial charge in [-0.1, -0.05) is 13.8 Å². The molecule has 0 fully saturated rings. The van der Waals surface area contributed by atoms with Gasteiger partial charge in [0.15, 0.2) is 0 Å². The van der Waals surface area contributed by atoms with E-state index in [1.165, 1.54) is 5.69 Å². The number of H-pyrrole nitrogens is 1. The van der Waals surface area contributed by atoms with Crippen LogP contribution in [-0.2, 0) is 6.54 Å². The van der Waals surface area contributed by atoms with Crippen molar-refractivity contribution in [2.45, 2.75) is 59.0 Å². The van der Waals surface area contributed by atoms with E-state index in [-0.39, 0.29) is 5.54 Å². The molecule has 0 aliphatic heterocycles. The van der Waals surface area contributed by atoms with E-state index in [0.29, 0.717) is 5.92 Å². The SMILES string of the molecule is CCC(C)c1ncc(CNC(C)(C)C)[nH]1. The van der Waals surface area contributed by atoms with Crippen molar-refractivity contribution in [3.63, 3.8) is 0 Å². The minimum Gasteiger partial charge on any atom is -0.345 e. The van der Waals surface area contributed by atoms with E-state index in [1.807, 2.05) is 6.20 Å². The molecule has 0 spiro atoms. The molecule has 1 aromatic heterocycles. The number of nitrogens with one attached hydrogen (secondary N) is 2. The summed E-state index contributed by atoms with van der Waals surface area (Å²) >= 11 is 0. The molecule has 3 heteroatoms. The summed E-state index contributed by atoms with van der Waals surface area (Å²) in [5.41, 5.74) is 1.32. The summed E-state index contributed by atoms with van der Waals surface area (Å²) in [5, 5.41) is 3.44. The quantitative estimate of drug-likeness (QED) is 0.800. The first-order chi connectivity index (χ1) is 6.92. The molecule has 0 amide bonds. The Balaban J connectivity index is 2.53. The zero-order valence-corrected chi connectivity index (χ0v) is 10.5. The van der Waals surface area contributed by atoms with E-state index in [4.69, 9.17) is 0 Å². The van der Waals surface area contributed by atoms with Crippen LogP contribution in [-0.4, -0.2) is 15.5 Å². The van der Waals surface area contributed by atoms with Crippen LogP contribution in [0, 0.1) is 0 Å². The molecule has 1 rings (SSSR count). The maximum absolute atomic E-state index is 4.39. The van der Waals surface area contributed by atoms with Crippen molar-refractivity contribution in [3.05, 3.63) is 17.7 Å². The monoisotopic (exact) mass is 209 g/mol. The van der Waals surface area contributed by atoms with Gasteiger partial charge >= 0.3 is 0 Å². The van der Waals surface area contributed by atoms with Gasteiger partial charge in [0.1, 0.15) is 5.82 Å². The number of aromatic amines is 1. The molecule has 0 radical (unpaired) electrons. The second-order valence-electron chi connectivity index (χ2n) is 5.21. The van der Waals surface area contributed by atoms with Crippen LogP contribution in [0.5, 0.6) is 0 Å². The summed E-state index contributed by atoms with van der Waals surface area (Å²) in [4.78, 5) is 7.75. The number of hydrogen-bond donors (Lipinski definition) is 2. The van der Waals surface area contributed by atoms with Crippen molar-refractivity contribution in [1.29, 1.82) is 0 Å². The van der Waals surface area contributed by atoms with Gasteiger partial charge in [-0.05, 0) is 27.2 Å². The van der Waals surface area contributed by atoms with Gasteiger partial charge in [-0.15, -0.1) is 0 Å². The summed E-state index contributed by atoms with van der Waals surface area (Å²) in [6.45, 7) is 11.7. The number of nitrogens with zero attached hydrogens (tertiary/aromatic N) is 1. The van der Waals surface area contributed by atoms with Crippen LogP contribution in [0.1, 0.15) is 58.5 Å². The second-order valence-corrected chi connectivity index (χ2v) is 5.21. The third-order valence-electron chi connectivity index (χ3n) is 2.54. The van der Waals surface area contributed by atoms with Crippen molar-refractivity contribution < 1.29 is 0 Å². The normalized spacial score (nSPS) is 14.2. The standard InChI is InChI=1S/C12H23N3/c1-6-9(2)11-13-7-10(15-11)8-14-12(3,4)5/h7,9,14H,6,8H2,1-5H3,(H,13,15). The molecule has 0 aromatic carbocycles. The number of rotatable bonds is 4. The molecule has 0 saturated heterocycles. The van der Waals surface area contributed by atoms with Crippen LogP contribution in [0.3, 0.4) is 0 Å². The fourth-order valence-electron chi connectivity index (χ4n) is 1.27. The van der Waals surface area contributed by atoms with E-state index >= 15 is 0 Å². The van der Waals surface area contributed by atoms with E-state index < -0.39 is 0 Å². The average Bonchev–Trinajstić information content (AvgIpc) is 2.61. The molecule has 86 valence electrons. The fourth-order valence-corrected chi connectivity index (χ4v) is 1.27. The second kappa shape index (κ2) is 4.79. The molecule has 2 N–H and O–H groups in total. The minimum absolute atomic E-state index is 0.154. The number of imidazole rings is 1. The Hall–Kier alpha value is -0.830.